The summed E-state index contributed by atoms with van der Waals surface area (Å²) in [6, 6.07) is 17.1. The number of carbonyl (C=O) groups excluding carboxylic acids is 2. The van der Waals surface area contributed by atoms with E-state index in [2.05, 4.69) is 5.32 Å². The van der Waals surface area contributed by atoms with Gasteiger partial charge in [-0.15, -0.1) is 0 Å². The third-order valence-electron chi connectivity index (χ3n) is 6.62. The topological polar surface area (TPSA) is 105 Å². The van der Waals surface area contributed by atoms with Crippen molar-refractivity contribution in [3.05, 3.63) is 82.9 Å². The van der Waals surface area contributed by atoms with Crippen molar-refractivity contribution in [2.45, 2.75) is 45.2 Å². The highest BCUT2D eigenvalue weighted by molar-refractivity contribution is 7.92. The molecule has 1 atom stereocenters. The van der Waals surface area contributed by atoms with Crippen LogP contribution in [0.4, 0.5) is 5.69 Å². The second-order valence-corrected chi connectivity index (χ2v) is 12.6. The number of anilines is 1. The molecule has 0 aliphatic rings. The molecular formula is C31H38ClN3O6S. The van der Waals surface area contributed by atoms with E-state index in [0.29, 0.717) is 17.3 Å². The number of ether oxygens (including phenoxy) is 2. The van der Waals surface area contributed by atoms with Gasteiger partial charge in [0.1, 0.15) is 12.6 Å². The molecule has 0 heterocycles. The maximum atomic E-state index is 14.1. The van der Waals surface area contributed by atoms with Crippen LogP contribution < -0.4 is 19.1 Å². The van der Waals surface area contributed by atoms with E-state index in [1.807, 2.05) is 45.0 Å². The van der Waals surface area contributed by atoms with E-state index in [1.165, 1.54) is 49.5 Å². The van der Waals surface area contributed by atoms with Gasteiger partial charge in [-0.25, -0.2) is 8.42 Å². The smallest absolute Gasteiger partial charge is 0.264 e. The number of hydrogen-bond donors (Lipinski definition) is 1. The van der Waals surface area contributed by atoms with E-state index < -0.39 is 28.5 Å². The van der Waals surface area contributed by atoms with Crippen LogP contribution in [0.3, 0.4) is 0 Å². The van der Waals surface area contributed by atoms with Gasteiger partial charge in [0.2, 0.25) is 11.8 Å². The molecular weight excluding hydrogens is 578 g/mol. The summed E-state index contributed by atoms with van der Waals surface area (Å²) >= 11 is 6.09. The Labute approximate surface area is 253 Å². The number of sulfonamides is 1. The number of rotatable bonds is 13. The quantitative estimate of drug-likeness (QED) is 0.289. The maximum absolute atomic E-state index is 14.1. The monoisotopic (exact) mass is 615 g/mol. The molecule has 0 saturated carbocycles. The minimum Gasteiger partial charge on any atom is -0.493 e. The average Bonchev–Trinajstić information content (AvgIpc) is 2.97. The maximum Gasteiger partial charge on any atom is 0.264 e. The van der Waals surface area contributed by atoms with Crippen molar-refractivity contribution >= 4 is 39.1 Å². The second kappa shape index (κ2) is 14.4. The fraction of sp³-hybridized carbons (Fsp3) is 0.355. The van der Waals surface area contributed by atoms with E-state index in [9.17, 15) is 18.0 Å². The van der Waals surface area contributed by atoms with Gasteiger partial charge in [0, 0.05) is 24.2 Å². The van der Waals surface area contributed by atoms with Crippen LogP contribution >= 0.6 is 11.6 Å². The lowest BCUT2D eigenvalue weighted by Gasteiger charge is -2.32. The summed E-state index contributed by atoms with van der Waals surface area (Å²) in [5.41, 5.74) is 2.04. The van der Waals surface area contributed by atoms with Crippen LogP contribution in [-0.2, 0) is 26.2 Å². The van der Waals surface area contributed by atoms with Crippen molar-refractivity contribution in [3.8, 4) is 11.5 Å². The number of hydrogen-bond acceptors (Lipinski definition) is 6. The van der Waals surface area contributed by atoms with E-state index in [4.69, 9.17) is 21.1 Å². The first-order valence-electron chi connectivity index (χ1n) is 13.5. The number of carbonyl (C=O) groups is 2. The first-order chi connectivity index (χ1) is 19.9. The molecule has 0 aliphatic heterocycles. The lowest BCUT2D eigenvalue weighted by atomic mass is 10.1. The first-order valence-corrected chi connectivity index (χ1v) is 15.3. The molecule has 0 fully saturated rings. The van der Waals surface area contributed by atoms with E-state index in [0.717, 1.165) is 15.4 Å². The highest BCUT2D eigenvalue weighted by atomic mass is 35.5. The summed E-state index contributed by atoms with van der Waals surface area (Å²) < 4.78 is 39.7. The molecule has 3 aromatic rings. The van der Waals surface area contributed by atoms with Crippen molar-refractivity contribution in [2.75, 3.05) is 31.6 Å². The molecule has 1 N–H and O–H groups in total. The van der Waals surface area contributed by atoms with Crippen LogP contribution in [0, 0.1) is 12.8 Å². The Morgan fingerprint density at radius 1 is 0.929 bits per heavy atom. The number of nitrogens with one attached hydrogen (secondary N) is 1. The van der Waals surface area contributed by atoms with Gasteiger partial charge in [-0.3, -0.25) is 13.9 Å². The Morgan fingerprint density at radius 3 is 2.19 bits per heavy atom. The van der Waals surface area contributed by atoms with Gasteiger partial charge in [-0.2, -0.15) is 0 Å². The lowest BCUT2D eigenvalue weighted by molar-refractivity contribution is -0.139. The summed E-state index contributed by atoms with van der Waals surface area (Å²) in [6.07, 6.45) is 0. The predicted octanol–water partition coefficient (Wildman–Crippen LogP) is 5.05. The summed E-state index contributed by atoms with van der Waals surface area (Å²) in [5.74, 6) is -0.0871. The van der Waals surface area contributed by atoms with Crippen LogP contribution in [0.15, 0.2) is 71.6 Å². The van der Waals surface area contributed by atoms with Gasteiger partial charge in [0.15, 0.2) is 11.5 Å². The van der Waals surface area contributed by atoms with Crippen molar-refractivity contribution in [1.82, 2.24) is 10.2 Å². The largest absolute Gasteiger partial charge is 0.493 e. The lowest BCUT2D eigenvalue weighted by Crippen LogP contribution is -2.51. The first kappa shape index (κ1) is 32.8. The molecule has 226 valence electrons. The van der Waals surface area contributed by atoms with Crippen molar-refractivity contribution in [3.63, 3.8) is 0 Å². The molecule has 0 radical (unpaired) electrons. The minimum atomic E-state index is -4.29. The summed E-state index contributed by atoms with van der Waals surface area (Å²) in [5, 5.41) is 3.29. The van der Waals surface area contributed by atoms with Gasteiger partial charge in [-0.05, 0) is 61.7 Å². The van der Waals surface area contributed by atoms with E-state index >= 15 is 0 Å². The van der Waals surface area contributed by atoms with Crippen LogP contribution in [0.5, 0.6) is 11.5 Å². The third-order valence-corrected chi connectivity index (χ3v) is 8.65. The standard InChI is InChI=1S/C31H38ClN3O6S/c1-21(2)18-33-31(37)23(4)34(19-24-9-7-8-22(3)16-24)30(36)20-35(26-12-10-25(32)11-13-26)42(38,39)27-14-15-28(40-5)29(17-27)41-6/h7-17,21,23H,18-20H2,1-6H3,(H,33,37). The van der Waals surface area contributed by atoms with Gasteiger partial charge in [-0.1, -0.05) is 55.3 Å². The zero-order chi connectivity index (χ0) is 31.0. The molecule has 0 bridgehead atoms. The number of methoxy groups -OCH3 is 2. The summed E-state index contributed by atoms with van der Waals surface area (Å²) in [6.45, 7) is 7.52. The Balaban J connectivity index is 2.05. The zero-order valence-corrected chi connectivity index (χ0v) is 26.3. The fourth-order valence-electron chi connectivity index (χ4n) is 4.28. The number of aryl methyl sites for hydroxylation is 1. The highest BCUT2D eigenvalue weighted by Gasteiger charge is 2.33. The third kappa shape index (κ3) is 8.17. The zero-order valence-electron chi connectivity index (χ0n) is 24.8. The van der Waals surface area contributed by atoms with E-state index in [1.54, 1.807) is 19.1 Å². The molecule has 1 unspecified atom stereocenters. The van der Waals surface area contributed by atoms with Gasteiger partial charge in [0.25, 0.3) is 10.0 Å². The molecule has 0 aromatic heterocycles. The molecule has 9 nitrogen and oxygen atoms in total. The van der Waals surface area contributed by atoms with Crippen LogP contribution in [0.25, 0.3) is 0 Å². The van der Waals surface area contributed by atoms with Crippen molar-refractivity contribution in [2.24, 2.45) is 5.92 Å². The van der Waals surface area contributed by atoms with Gasteiger partial charge in [0.05, 0.1) is 24.8 Å². The molecule has 0 saturated heterocycles. The van der Waals surface area contributed by atoms with Gasteiger partial charge < -0.3 is 19.7 Å². The highest BCUT2D eigenvalue weighted by Crippen LogP contribution is 2.32. The van der Waals surface area contributed by atoms with Gasteiger partial charge >= 0.3 is 0 Å². The minimum absolute atomic E-state index is 0.101. The summed E-state index contributed by atoms with van der Waals surface area (Å²) in [7, 11) is -1.44. The molecule has 0 aliphatic carbocycles. The molecule has 42 heavy (non-hydrogen) atoms. The number of nitrogens with zero attached hydrogens (tertiary/aromatic N) is 2. The second-order valence-electron chi connectivity index (χ2n) is 10.3. The van der Waals surface area contributed by atoms with Crippen molar-refractivity contribution in [1.29, 1.82) is 0 Å². The normalized spacial score (nSPS) is 12.0. The van der Waals surface area contributed by atoms with Crippen molar-refractivity contribution < 1.29 is 27.5 Å². The Morgan fingerprint density at radius 2 is 1.60 bits per heavy atom. The predicted molar refractivity (Wildman–Crippen MR) is 165 cm³/mol. The Hall–Kier alpha value is -3.76. The number of amides is 2. The van der Waals surface area contributed by atoms with Crippen LogP contribution in [0.1, 0.15) is 31.9 Å². The van der Waals surface area contributed by atoms with E-state index in [-0.39, 0.29) is 34.7 Å². The summed E-state index contributed by atoms with van der Waals surface area (Å²) in [4.78, 5) is 28.5. The molecule has 0 spiro atoms. The number of halogens is 1. The molecule has 11 heteroatoms. The Kier molecular flexibility index (Phi) is 11.2. The van der Waals surface area contributed by atoms with Crippen LogP contribution in [-0.4, -0.2) is 58.5 Å². The average molecular weight is 616 g/mol. The fourth-order valence-corrected chi connectivity index (χ4v) is 5.84. The Bertz CT molecular complexity index is 1490. The molecule has 3 rings (SSSR count). The molecule has 2 amide bonds. The van der Waals surface area contributed by atoms with Crippen LogP contribution in [0.2, 0.25) is 5.02 Å². The number of benzene rings is 3. The molecule has 3 aromatic carbocycles. The SMILES string of the molecule is COc1ccc(S(=O)(=O)N(CC(=O)N(Cc2cccc(C)c2)C(C)C(=O)NCC(C)C)c2ccc(Cl)cc2)cc1OC.